The molecule has 1 aliphatic carbocycles. The van der Waals surface area contributed by atoms with Crippen LogP contribution >= 0.6 is 0 Å². The number of nitrogens with zero attached hydrogens (tertiary/aromatic N) is 2. The summed E-state index contributed by atoms with van der Waals surface area (Å²) in [6, 6.07) is 5.94. The van der Waals surface area contributed by atoms with Crippen LogP contribution in [0.1, 0.15) is 57.6 Å². The molecule has 4 nitrogen and oxygen atoms in total. The summed E-state index contributed by atoms with van der Waals surface area (Å²) in [4.78, 5) is 8.89. The van der Waals surface area contributed by atoms with Crippen molar-refractivity contribution >= 4 is 5.96 Å². The molecule has 0 unspecified atom stereocenters. The van der Waals surface area contributed by atoms with Crippen LogP contribution < -0.4 is 10.6 Å². The van der Waals surface area contributed by atoms with Crippen LogP contribution in [-0.4, -0.2) is 24.0 Å². The number of hydrogen-bond donors (Lipinski definition) is 2. The quantitative estimate of drug-likeness (QED) is 0.439. The molecule has 22 heavy (non-hydrogen) atoms. The van der Waals surface area contributed by atoms with E-state index in [0.29, 0.717) is 6.54 Å². The van der Waals surface area contributed by atoms with Gasteiger partial charge in [0.2, 0.25) is 0 Å². The van der Waals surface area contributed by atoms with Crippen molar-refractivity contribution in [2.75, 3.05) is 13.1 Å². The summed E-state index contributed by atoms with van der Waals surface area (Å²) >= 11 is 0. The molecule has 0 radical (unpaired) electrons. The third-order valence-corrected chi connectivity index (χ3v) is 4.28. The number of nitrogens with one attached hydrogen (secondary N) is 2. The Morgan fingerprint density at radius 1 is 1.23 bits per heavy atom. The van der Waals surface area contributed by atoms with E-state index in [9.17, 15) is 0 Å². The van der Waals surface area contributed by atoms with Gasteiger partial charge in [0.05, 0.1) is 12.2 Å². The zero-order valence-corrected chi connectivity index (χ0v) is 13.9. The molecule has 0 saturated heterocycles. The van der Waals surface area contributed by atoms with Crippen molar-refractivity contribution in [1.29, 1.82) is 0 Å². The number of rotatable bonds is 8. The molecule has 1 aliphatic rings. The maximum Gasteiger partial charge on any atom is 0.191 e. The topological polar surface area (TPSA) is 49.3 Å². The molecule has 1 fully saturated rings. The summed E-state index contributed by atoms with van der Waals surface area (Å²) < 4.78 is 0. The third-order valence-electron chi connectivity index (χ3n) is 4.28. The van der Waals surface area contributed by atoms with Crippen LogP contribution in [0.25, 0.3) is 0 Å². The molecule has 4 heteroatoms. The number of aromatic nitrogens is 1. The van der Waals surface area contributed by atoms with Gasteiger partial charge in [-0.05, 0) is 31.4 Å². The molecule has 1 heterocycles. The molecule has 2 rings (SSSR count). The normalized spacial score (nSPS) is 16.0. The highest BCUT2D eigenvalue weighted by Gasteiger charge is 2.13. The molecule has 0 spiro atoms. The van der Waals surface area contributed by atoms with E-state index in [2.05, 4.69) is 27.5 Å². The summed E-state index contributed by atoms with van der Waals surface area (Å²) in [5.41, 5.74) is 1.00. The van der Waals surface area contributed by atoms with Gasteiger partial charge in [-0.3, -0.25) is 4.98 Å². The maximum absolute atomic E-state index is 4.59. The number of unbranched alkanes of at least 4 members (excludes halogenated alkanes) is 1. The van der Waals surface area contributed by atoms with Crippen LogP contribution in [0.2, 0.25) is 0 Å². The van der Waals surface area contributed by atoms with E-state index in [4.69, 9.17) is 0 Å². The minimum Gasteiger partial charge on any atom is -0.357 e. The van der Waals surface area contributed by atoms with Gasteiger partial charge in [0.25, 0.3) is 0 Å². The molecular weight excluding hydrogens is 272 g/mol. The van der Waals surface area contributed by atoms with Crippen molar-refractivity contribution in [2.24, 2.45) is 10.9 Å². The second-order valence-corrected chi connectivity index (χ2v) is 6.09. The molecule has 2 N–H and O–H groups in total. The van der Waals surface area contributed by atoms with Crippen LogP contribution in [0.15, 0.2) is 29.4 Å². The predicted molar refractivity (Wildman–Crippen MR) is 92.9 cm³/mol. The third kappa shape index (κ3) is 6.46. The van der Waals surface area contributed by atoms with Gasteiger partial charge < -0.3 is 10.6 Å². The van der Waals surface area contributed by atoms with Crippen LogP contribution in [0.4, 0.5) is 0 Å². The first kappa shape index (κ1) is 16.8. The van der Waals surface area contributed by atoms with E-state index in [1.165, 1.54) is 44.9 Å². The second kappa shape index (κ2) is 10.2. The summed E-state index contributed by atoms with van der Waals surface area (Å²) in [6.45, 7) is 4.60. The minimum atomic E-state index is 0.623. The lowest BCUT2D eigenvalue weighted by molar-refractivity contribution is 0.472. The van der Waals surface area contributed by atoms with Crippen molar-refractivity contribution in [1.82, 2.24) is 15.6 Å². The molecule has 122 valence electrons. The van der Waals surface area contributed by atoms with Gasteiger partial charge in [-0.1, -0.05) is 44.6 Å². The van der Waals surface area contributed by atoms with E-state index in [0.717, 1.165) is 30.7 Å². The number of pyridine rings is 1. The van der Waals surface area contributed by atoms with Crippen molar-refractivity contribution in [3.05, 3.63) is 30.1 Å². The van der Waals surface area contributed by atoms with Crippen LogP contribution in [0, 0.1) is 5.92 Å². The van der Waals surface area contributed by atoms with E-state index in [1.54, 1.807) is 0 Å². The van der Waals surface area contributed by atoms with Gasteiger partial charge in [0, 0.05) is 19.3 Å². The van der Waals surface area contributed by atoms with E-state index >= 15 is 0 Å². The molecule has 1 saturated carbocycles. The fourth-order valence-corrected chi connectivity index (χ4v) is 3.06. The Labute approximate surface area is 134 Å². The summed E-state index contributed by atoms with van der Waals surface area (Å²) in [5, 5.41) is 6.72. The standard InChI is InChI=1S/C18H30N4/c1-2-19-18(22-15-17-12-6-8-13-20-17)21-14-7-5-11-16-9-3-4-10-16/h6,8,12-13,16H,2-5,7,9-11,14-15H2,1H3,(H2,19,21,22). The second-order valence-electron chi connectivity index (χ2n) is 6.09. The molecule has 0 bridgehead atoms. The predicted octanol–water partition coefficient (Wildman–Crippen LogP) is 3.50. The summed E-state index contributed by atoms with van der Waals surface area (Å²) in [6.07, 6.45) is 11.6. The highest BCUT2D eigenvalue weighted by atomic mass is 15.2. The van der Waals surface area contributed by atoms with Gasteiger partial charge >= 0.3 is 0 Å². The summed E-state index contributed by atoms with van der Waals surface area (Å²) in [7, 11) is 0. The van der Waals surface area contributed by atoms with Crippen molar-refractivity contribution in [3.63, 3.8) is 0 Å². The van der Waals surface area contributed by atoms with Crippen LogP contribution in [0.5, 0.6) is 0 Å². The van der Waals surface area contributed by atoms with Crippen molar-refractivity contribution in [3.8, 4) is 0 Å². The SMILES string of the molecule is CCNC(=NCc1ccccn1)NCCCCC1CCCC1. The Kier molecular flexibility index (Phi) is 7.78. The van der Waals surface area contributed by atoms with Gasteiger partial charge in [0.1, 0.15) is 0 Å². The molecule has 1 aromatic heterocycles. The molecule has 0 amide bonds. The van der Waals surface area contributed by atoms with Gasteiger partial charge in [-0.2, -0.15) is 0 Å². The first-order chi connectivity index (χ1) is 10.9. The first-order valence-corrected chi connectivity index (χ1v) is 8.80. The number of aliphatic imine (C=N–C) groups is 1. The molecule has 0 aromatic carbocycles. The molecule has 1 aromatic rings. The molecule has 0 atom stereocenters. The zero-order chi connectivity index (χ0) is 15.5. The van der Waals surface area contributed by atoms with Crippen molar-refractivity contribution in [2.45, 2.75) is 58.4 Å². The Hall–Kier alpha value is -1.58. The van der Waals surface area contributed by atoms with E-state index in [-0.39, 0.29) is 0 Å². The average Bonchev–Trinajstić information content (AvgIpc) is 3.06. The number of hydrogen-bond acceptors (Lipinski definition) is 2. The van der Waals surface area contributed by atoms with Gasteiger partial charge in [-0.25, -0.2) is 4.99 Å². The first-order valence-electron chi connectivity index (χ1n) is 8.80. The molecule has 0 aliphatic heterocycles. The van der Waals surface area contributed by atoms with Crippen LogP contribution in [0.3, 0.4) is 0 Å². The van der Waals surface area contributed by atoms with Gasteiger partial charge in [-0.15, -0.1) is 0 Å². The smallest absolute Gasteiger partial charge is 0.191 e. The molecular formula is C18H30N4. The monoisotopic (exact) mass is 302 g/mol. The van der Waals surface area contributed by atoms with Crippen molar-refractivity contribution < 1.29 is 0 Å². The highest BCUT2D eigenvalue weighted by molar-refractivity contribution is 5.79. The number of guanidine groups is 1. The van der Waals surface area contributed by atoms with Crippen LogP contribution in [-0.2, 0) is 6.54 Å². The van der Waals surface area contributed by atoms with E-state index in [1.807, 2.05) is 24.4 Å². The van der Waals surface area contributed by atoms with Gasteiger partial charge in [0.15, 0.2) is 5.96 Å². The van der Waals surface area contributed by atoms with E-state index < -0.39 is 0 Å². The fourth-order valence-electron chi connectivity index (χ4n) is 3.06. The maximum atomic E-state index is 4.59. The highest BCUT2D eigenvalue weighted by Crippen LogP contribution is 2.28. The average molecular weight is 302 g/mol. The minimum absolute atomic E-state index is 0.623. The largest absolute Gasteiger partial charge is 0.357 e. The Morgan fingerprint density at radius 3 is 2.82 bits per heavy atom. The Morgan fingerprint density at radius 2 is 2.09 bits per heavy atom. The Balaban J connectivity index is 1.64. The lowest BCUT2D eigenvalue weighted by Crippen LogP contribution is -2.37. The lowest BCUT2D eigenvalue weighted by Gasteiger charge is -2.12. The Bertz CT molecular complexity index is 424. The summed E-state index contributed by atoms with van der Waals surface area (Å²) in [5.74, 6) is 1.90. The lowest BCUT2D eigenvalue weighted by atomic mass is 10.0. The zero-order valence-electron chi connectivity index (χ0n) is 13.9. The fraction of sp³-hybridized carbons (Fsp3) is 0.667.